The van der Waals surface area contributed by atoms with E-state index in [4.69, 9.17) is 4.74 Å². The molecule has 4 aromatic rings. The maximum atomic E-state index is 15.0. The molecule has 1 N–H and O–H groups in total. The number of aryl methyl sites for hydroxylation is 1. The van der Waals surface area contributed by atoms with Crippen molar-refractivity contribution in [3.8, 4) is 5.69 Å². The third-order valence-corrected chi connectivity index (χ3v) is 5.24. The highest BCUT2D eigenvalue weighted by molar-refractivity contribution is 6.05. The van der Waals surface area contributed by atoms with E-state index in [2.05, 4.69) is 10.1 Å². The van der Waals surface area contributed by atoms with E-state index < -0.39 is 0 Å². The molecule has 5 rings (SSSR count). The summed E-state index contributed by atoms with van der Waals surface area (Å²) in [4.78, 5) is 19.5. The molecule has 2 aromatic heterocycles. The predicted octanol–water partition coefficient (Wildman–Crippen LogP) is 3.15. The molecule has 0 amide bonds. The van der Waals surface area contributed by atoms with E-state index >= 15 is 0 Å². The van der Waals surface area contributed by atoms with Crippen molar-refractivity contribution in [2.45, 2.75) is 6.92 Å². The molecule has 2 aromatic carbocycles. The summed E-state index contributed by atoms with van der Waals surface area (Å²) in [6.45, 7) is 4.26. The fourth-order valence-electron chi connectivity index (χ4n) is 3.85. The number of anilines is 1. The quantitative estimate of drug-likeness (QED) is 0.582. The number of hydrogen-bond acceptors (Lipinski definition) is 4. The lowest BCUT2D eigenvalue weighted by Crippen LogP contribution is -2.36. The third-order valence-electron chi connectivity index (χ3n) is 5.24. The Morgan fingerprint density at radius 3 is 2.64 bits per heavy atom. The summed E-state index contributed by atoms with van der Waals surface area (Å²) >= 11 is 0. The predicted molar refractivity (Wildman–Crippen MR) is 107 cm³/mol. The van der Waals surface area contributed by atoms with Crippen LogP contribution in [0.15, 0.2) is 47.3 Å². The van der Waals surface area contributed by atoms with Crippen LogP contribution >= 0.6 is 0 Å². The second kappa shape index (κ2) is 6.45. The molecule has 6 nitrogen and oxygen atoms in total. The molecule has 142 valence electrons. The first-order valence-electron chi connectivity index (χ1n) is 9.26. The Balaban J connectivity index is 1.75. The number of morpholine rings is 1. The van der Waals surface area contributed by atoms with Crippen LogP contribution in [0.25, 0.3) is 27.5 Å². The van der Waals surface area contributed by atoms with E-state index in [1.165, 1.54) is 10.7 Å². The highest BCUT2D eigenvalue weighted by Crippen LogP contribution is 2.30. The SMILES string of the molecule is Cc1nc2cc(N3CCOCC3)c(F)cc2c2[nH]n(-c3ccccc3)c(=O)c12. The van der Waals surface area contributed by atoms with Crippen LogP contribution in [0.3, 0.4) is 0 Å². The summed E-state index contributed by atoms with van der Waals surface area (Å²) in [5, 5.41) is 4.23. The number of benzene rings is 2. The topological polar surface area (TPSA) is 63.2 Å². The van der Waals surface area contributed by atoms with E-state index in [0.29, 0.717) is 59.5 Å². The van der Waals surface area contributed by atoms with Crippen molar-refractivity contribution >= 4 is 27.5 Å². The molecule has 1 aliphatic rings. The molecule has 7 heteroatoms. The lowest BCUT2D eigenvalue weighted by molar-refractivity contribution is 0.122. The molecule has 0 unspecified atom stereocenters. The number of halogens is 1. The number of nitrogens with one attached hydrogen (secondary N) is 1. The minimum atomic E-state index is -0.324. The molecular weight excluding hydrogens is 359 g/mol. The molecule has 0 aliphatic carbocycles. The molecule has 3 heterocycles. The summed E-state index contributed by atoms with van der Waals surface area (Å²) in [6, 6.07) is 12.6. The number of hydrogen-bond donors (Lipinski definition) is 1. The van der Waals surface area contributed by atoms with Gasteiger partial charge in [-0.1, -0.05) is 18.2 Å². The molecule has 0 atom stereocenters. The molecule has 1 saturated heterocycles. The zero-order chi connectivity index (χ0) is 19.3. The number of ether oxygens (including phenoxy) is 1. The summed E-state index contributed by atoms with van der Waals surface area (Å²) in [5.41, 5.74) is 2.94. The van der Waals surface area contributed by atoms with Crippen molar-refractivity contribution in [1.82, 2.24) is 14.8 Å². The molecule has 0 saturated carbocycles. The molecule has 0 radical (unpaired) electrons. The van der Waals surface area contributed by atoms with Crippen LogP contribution in [-0.2, 0) is 4.74 Å². The van der Waals surface area contributed by atoms with Crippen molar-refractivity contribution in [2.75, 3.05) is 31.2 Å². The third kappa shape index (κ3) is 2.58. The number of para-hydroxylation sites is 1. The monoisotopic (exact) mass is 378 g/mol. The van der Waals surface area contributed by atoms with Gasteiger partial charge in [0, 0.05) is 18.5 Å². The number of fused-ring (bicyclic) bond motifs is 3. The van der Waals surface area contributed by atoms with Gasteiger partial charge < -0.3 is 9.64 Å². The van der Waals surface area contributed by atoms with Gasteiger partial charge in [0.2, 0.25) is 0 Å². The number of H-pyrrole nitrogens is 1. The van der Waals surface area contributed by atoms with Crippen LogP contribution < -0.4 is 10.5 Å². The summed E-state index contributed by atoms with van der Waals surface area (Å²) in [5.74, 6) is -0.324. The van der Waals surface area contributed by atoms with Crippen LogP contribution in [0.5, 0.6) is 0 Å². The van der Waals surface area contributed by atoms with E-state index in [-0.39, 0.29) is 11.4 Å². The van der Waals surface area contributed by atoms with Crippen LogP contribution in [0.2, 0.25) is 0 Å². The molecule has 1 fully saturated rings. The Hall–Kier alpha value is -3.19. The number of pyridine rings is 1. The van der Waals surface area contributed by atoms with Crippen molar-refractivity contribution < 1.29 is 9.13 Å². The van der Waals surface area contributed by atoms with Gasteiger partial charge in [-0.25, -0.2) is 9.07 Å². The normalized spacial score (nSPS) is 14.9. The van der Waals surface area contributed by atoms with Gasteiger partial charge in [0.25, 0.3) is 5.56 Å². The standard InChI is InChI=1S/C21H19FN4O2/c1-13-19-20(24-26(21(19)27)14-5-3-2-4-6-14)15-11-16(22)18(12-17(15)23-13)25-7-9-28-10-8-25/h2-6,11-12,24H,7-10H2,1H3. The van der Waals surface area contributed by atoms with Gasteiger partial charge in [0.15, 0.2) is 0 Å². The Labute approximate surface area is 160 Å². The highest BCUT2D eigenvalue weighted by atomic mass is 19.1. The van der Waals surface area contributed by atoms with Gasteiger partial charge in [-0.2, -0.15) is 0 Å². The van der Waals surface area contributed by atoms with Crippen LogP contribution in [0.1, 0.15) is 5.69 Å². The average Bonchev–Trinajstić information content (AvgIpc) is 3.08. The van der Waals surface area contributed by atoms with Gasteiger partial charge in [0.1, 0.15) is 5.82 Å². The van der Waals surface area contributed by atoms with Crippen molar-refractivity contribution in [3.05, 3.63) is 64.3 Å². The Morgan fingerprint density at radius 2 is 1.89 bits per heavy atom. The second-order valence-electron chi connectivity index (χ2n) is 6.96. The lowest BCUT2D eigenvalue weighted by Gasteiger charge is -2.29. The number of rotatable bonds is 2. The first kappa shape index (κ1) is 16.9. The van der Waals surface area contributed by atoms with Crippen LogP contribution in [0.4, 0.5) is 10.1 Å². The van der Waals surface area contributed by atoms with Gasteiger partial charge >= 0.3 is 0 Å². The van der Waals surface area contributed by atoms with Crippen LogP contribution in [0, 0.1) is 12.7 Å². The van der Waals surface area contributed by atoms with Gasteiger partial charge in [-0.3, -0.25) is 14.9 Å². The largest absolute Gasteiger partial charge is 0.378 e. The highest BCUT2D eigenvalue weighted by Gasteiger charge is 2.20. The first-order valence-corrected chi connectivity index (χ1v) is 9.26. The van der Waals surface area contributed by atoms with Crippen LogP contribution in [-0.4, -0.2) is 41.1 Å². The van der Waals surface area contributed by atoms with E-state index in [9.17, 15) is 9.18 Å². The zero-order valence-corrected chi connectivity index (χ0v) is 15.4. The smallest absolute Gasteiger partial charge is 0.280 e. The van der Waals surface area contributed by atoms with Crippen molar-refractivity contribution in [2.24, 2.45) is 0 Å². The van der Waals surface area contributed by atoms with Gasteiger partial charge in [0.05, 0.1) is 46.7 Å². The summed E-state index contributed by atoms with van der Waals surface area (Å²) in [7, 11) is 0. The molecular formula is C21H19FN4O2. The summed E-state index contributed by atoms with van der Waals surface area (Å²) < 4.78 is 21.8. The lowest BCUT2D eigenvalue weighted by atomic mass is 10.1. The Bertz CT molecular complexity index is 1240. The molecule has 28 heavy (non-hydrogen) atoms. The van der Waals surface area contributed by atoms with Gasteiger partial charge in [-0.15, -0.1) is 0 Å². The first-order chi connectivity index (χ1) is 13.6. The molecule has 0 spiro atoms. The Morgan fingerprint density at radius 1 is 1.14 bits per heavy atom. The average molecular weight is 378 g/mol. The van der Waals surface area contributed by atoms with Crippen molar-refractivity contribution in [3.63, 3.8) is 0 Å². The van der Waals surface area contributed by atoms with Crippen molar-refractivity contribution in [1.29, 1.82) is 0 Å². The van der Waals surface area contributed by atoms with E-state index in [0.717, 1.165) is 5.69 Å². The fraction of sp³-hybridized carbons (Fsp3) is 0.238. The second-order valence-corrected chi connectivity index (χ2v) is 6.96. The van der Waals surface area contributed by atoms with Gasteiger partial charge in [-0.05, 0) is 31.2 Å². The minimum absolute atomic E-state index is 0.189. The van der Waals surface area contributed by atoms with E-state index in [1.807, 2.05) is 42.2 Å². The molecule has 1 aliphatic heterocycles. The number of nitrogens with zero attached hydrogens (tertiary/aromatic N) is 3. The maximum absolute atomic E-state index is 15.0. The Kier molecular flexibility index (Phi) is 3.91. The molecule has 0 bridgehead atoms. The minimum Gasteiger partial charge on any atom is -0.378 e. The zero-order valence-electron chi connectivity index (χ0n) is 15.4. The fourth-order valence-corrected chi connectivity index (χ4v) is 3.85. The summed E-state index contributed by atoms with van der Waals surface area (Å²) in [6.07, 6.45) is 0. The maximum Gasteiger partial charge on any atom is 0.280 e. The van der Waals surface area contributed by atoms with E-state index in [1.54, 1.807) is 6.07 Å². The number of aromatic amines is 1. The number of aromatic nitrogens is 3.